The summed E-state index contributed by atoms with van der Waals surface area (Å²) in [6, 6.07) is 2.02. The van der Waals surface area contributed by atoms with Gasteiger partial charge in [0.15, 0.2) is 0 Å². The van der Waals surface area contributed by atoms with Gasteiger partial charge >= 0.3 is 0 Å². The molecule has 5 nitrogen and oxygen atoms in total. The van der Waals surface area contributed by atoms with Crippen molar-refractivity contribution in [1.29, 1.82) is 0 Å². The quantitative estimate of drug-likeness (QED) is 0.897. The van der Waals surface area contributed by atoms with E-state index in [0.29, 0.717) is 11.8 Å². The summed E-state index contributed by atoms with van der Waals surface area (Å²) in [6.07, 6.45) is 2.29. The lowest BCUT2D eigenvalue weighted by atomic mass is 10.00. The average Bonchev–Trinajstić information content (AvgIpc) is 2.47. The molecule has 0 radical (unpaired) electrons. The first-order chi connectivity index (χ1) is 9.60. The number of hydrogen-bond donors (Lipinski definition) is 1. The molecule has 1 aromatic rings. The predicted molar refractivity (Wildman–Crippen MR) is 82.5 cm³/mol. The molecule has 20 heavy (non-hydrogen) atoms. The maximum absolute atomic E-state index is 5.42. The average molecular weight is 278 g/mol. The SMILES string of the molecule is CNc1cc(N(C)CC2CCOCC2)nc(C(C)C)n1. The van der Waals surface area contributed by atoms with Crippen LogP contribution < -0.4 is 10.2 Å². The molecule has 0 spiro atoms. The molecule has 112 valence electrons. The molecule has 1 N–H and O–H groups in total. The second-order valence-electron chi connectivity index (χ2n) is 5.81. The van der Waals surface area contributed by atoms with Crippen LogP contribution in [-0.4, -0.2) is 43.8 Å². The smallest absolute Gasteiger partial charge is 0.135 e. The van der Waals surface area contributed by atoms with Crippen LogP contribution >= 0.6 is 0 Å². The molecule has 1 aliphatic rings. The largest absolute Gasteiger partial charge is 0.381 e. The summed E-state index contributed by atoms with van der Waals surface area (Å²) in [5.41, 5.74) is 0. The van der Waals surface area contributed by atoms with E-state index in [9.17, 15) is 0 Å². The van der Waals surface area contributed by atoms with Crippen molar-refractivity contribution in [1.82, 2.24) is 9.97 Å². The lowest BCUT2D eigenvalue weighted by Gasteiger charge is -2.28. The van der Waals surface area contributed by atoms with Crippen LogP contribution in [0.1, 0.15) is 38.4 Å². The molecule has 0 aliphatic carbocycles. The zero-order chi connectivity index (χ0) is 14.5. The van der Waals surface area contributed by atoms with E-state index in [2.05, 4.69) is 41.1 Å². The van der Waals surface area contributed by atoms with E-state index in [4.69, 9.17) is 4.74 Å². The van der Waals surface area contributed by atoms with Crippen LogP contribution in [0.2, 0.25) is 0 Å². The van der Waals surface area contributed by atoms with E-state index >= 15 is 0 Å². The van der Waals surface area contributed by atoms with Crippen LogP contribution in [0.3, 0.4) is 0 Å². The number of nitrogens with zero attached hydrogens (tertiary/aromatic N) is 3. The fraction of sp³-hybridized carbons (Fsp3) is 0.733. The van der Waals surface area contributed by atoms with Gasteiger partial charge in [-0.1, -0.05) is 13.8 Å². The van der Waals surface area contributed by atoms with Gasteiger partial charge in [-0.2, -0.15) is 0 Å². The van der Waals surface area contributed by atoms with Gasteiger partial charge in [-0.05, 0) is 18.8 Å². The van der Waals surface area contributed by atoms with E-state index in [0.717, 1.165) is 50.1 Å². The van der Waals surface area contributed by atoms with E-state index in [1.165, 1.54) is 0 Å². The first-order valence-electron chi connectivity index (χ1n) is 7.45. The van der Waals surface area contributed by atoms with Gasteiger partial charge in [0.1, 0.15) is 17.5 Å². The molecule has 2 rings (SSSR count). The Bertz CT molecular complexity index is 430. The molecule has 2 heterocycles. The van der Waals surface area contributed by atoms with Gasteiger partial charge in [0, 0.05) is 45.8 Å². The molecule has 1 saturated heterocycles. The number of hydrogen-bond acceptors (Lipinski definition) is 5. The first kappa shape index (κ1) is 15.0. The predicted octanol–water partition coefficient (Wildman–Crippen LogP) is 2.50. The second-order valence-corrected chi connectivity index (χ2v) is 5.81. The topological polar surface area (TPSA) is 50.3 Å². The monoisotopic (exact) mass is 278 g/mol. The summed E-state index contributed by atoms with van der Waals surface area (Å²) >= 11 is 0. The Hall–Kier alpha value is -1.36. The number of nitrogens with one attached hydrogen (secondary N) is 1. The second kappa shape index (κ2) is 6.88. The lowest BCUT2D eigenvalue weighted by molar-refractivity contribution is 0.0685. The van der Waals surface area contributed by atoms with Crippen LogP contribution in [0.25, 0.3) is 0 Å². The molecule has 0 bridgehead atoms. The molecular formula is C15H26N4O. The van der Waals surface area contributed by atoms with Crippen molar-refractivity contribution in [2.24, 2.45) is 5.92 Å². The Labute approximate surface area is 121 Å². The van der Waals surface area contributed by atoms with Crippen molar-refractivity contribution in [3.63, 3.8) is 0 Å². The first-order valence-corrected chi connectivity index (χ1v) is 7.45. The highest BCUT2D eigenvalue weighted by Gasteiger charge is 2.17. The lowest BCUT2D eigenvalue weighted by Crippen LogP contribution is -2.30. The molecule has 0 atom stereocenters. The maximum atomic E-state index is 5.42. The van der Waals surface area contributed by atoms with Gasteiger partial charge < -0.3 is 15.0 Å². The van der Waals surface area contributed by atoms with Crippen LogP contribution in [-0.2, 0) is 4.74 Å². The van der Waals surface area contributed by atoms with Crippen molar-refractivity contribution in [2.75, 3.05) is 44.1 Å². The normalized spacial score (nSPS) is 16.4. The Morgan fingerprint density at radius 2 is 2.05 bits per heavy atom. The zero-order valence-corrected chi connectivity index (χ0v) is 13.0. The summed E-state index contributed by atoms with van der Waals surface area (Å²) in [6.45, 7) is 7.05. The molecular weight excluding hydrogens is 252 g/mol. The van der Waals surface area contributed by atoms with Crippen molar-refractivity contribution < 1.29 is 4.74 Å². The summed E-state index contributed by atoms with van der Waals surface area (Å²) in [4.78, 5) is 11.4. The van der Waals surface area contributed by atoms with Crippen LogP contribution in [0.4, 0.5) is 11.6 Å². The molecule has 0 amide bonds. The third kappa shape index (κ3) is 3.82. The molecule has 1 aromatic heterocycles. The molecule has 5 heteroatoms. The fourth-order valence-corrected chi connectivity index (χ4v) is 2.44. The van der Waals surface area contributed by atoms with Gasteiger partial charge in [0.25, 0.3) is 0 Å². The van der Waals surface area contributed by atoms with Crippen molar-refractivity contribution in [3.05, 3.63) is 11.9 Å². The van der Waals surface area contributed by atoms with Gasteiger partial charge in [-0.3, -0.25) is 0 Å². The molecule has 1 fully saturated rings. The minimum atomic E-state index is 0.332. The zero-order valence-electron chi connectivity index (χ0n) is 13.0. The minimum absolute atomic E-state index is 0.332. The van der Waals surface area contributed by atoms with E-state index in [-0.39, 0.29) is 0 Å². The summed E-state index contributed by atoms with van der Waals surface area (Å²) < 4.78 is 5.42. The number of anilines is 2. The third-order valence-corrected chi connectivity index (χ3v) is 3.77. The third-order valence-electron chi connectivity index (χ3n) is 3.77. The fourth-order valence-electron chi connectivity index (χ4n) is 2.44. The Morgan fingerprint density at radius 3 is 2.65 bits per heavy atom. The van der Waals surface area contributed by atoms with Gasteiger partial charge in [-0.25, -0.2) is 9.97 Å². The number of ether oxygens (including phenoxy) is 1. The van der Waals surface area contributed by atoms with Crippen LogP contribution in [0.5, 0.6) is 0 Å². The van der Waals surface area contributed by atoms with Crippen molar-refractivity contribution >= 4 is 11.6 Å². The molecule has 0 saturated carbocycles. The van der Waals surface area contributed by atoms with Crippen molar-refractivity contribution in [3.8, 4) is 0 Å². The molecule has 0 aromatic carbocycles. The highest BCUT2D eigenvalue weighted by Crippen LogP contribution is 2.22. The van der Waals surface area contributed by atoms with Gasteiger partial charge in [0.05, 0.1) is 0 Å². The Kier molecular flexibility index (Phi) is 5.17. The highest BCUT2D eigenvalue weighted by molar-refractivity contribution is 5.49. The Balaban J connectivity index is 2.11. The van der Waals surface area contributed by atoms with E-state index < -0.39 is 0 Å². The van der Waals surface area contributed by atoms with Crippen LogP contribution in [0, 0.1) is 5.92 Å². The highest BCUT2D eigenvalue weighted by atomic mass is 16.5. The van der Waals surface area contributed by atoms with Gasteiger partial charge in [-0.15, -0.1) is 0 Å². The van der Waals surface area contributed by atoms with Crippen LogP contribution in [0.15, 0.2) is 6.07 Å². The minimum Gasteiger partial charge on any atom is -0.381 e. The summed E-state index contributed by atoms with van der Waals surface area (Å²) in [7, 11) is 4.01. The molecule has 0 unspecified atom stereocenters. The van der Waals surface area contributed by atoms with E-state index in [1.807, 2.05) is 13.1 Å². The number of aromatic nitrogens is 2. The maximum Gasteiger partial charge on any atom is 0.135 e. The van der Waals surface area contributed by atoms with Crippen molar-refractivity contribution in [2.45, 2.75) is 32.6 Å². The summed E-state index contributed by atoms with van der Waals surface area (Å²) in [5.74, 6) is 3.81. The standard InChI is InChI=1S/C15H26N4O/c1-11(2)15-17-13(16-3)9-14(18-15)19(4)10-12-5-7-20-8-6-12/h9,11-12H,5-8,10H2,1-4H3,(H,16,17,18). The number of rotatable bonds is 5. The summed E-state index contributed by atoms with van der Waals surface area (Å²) in [5, 5.41) is 3.12. The van der Waals surface area contributed by atoms with E-state index in [1.54, 1.807) is 0 Å². The van der Waals surface area contributed by atoms with Gasteiger partial charge in [0.2, 0.25) is 0 Å². The Morgan fingerprint density at radius 1 is 1.35 bits per heavy atom. The molecule has 1 aliphatic heterocycles.